The molecule has 3 heterocycles. The maximum absolute atomic E-state index is 12.9. The van der Waals surface area contributed by atoms with E-state index in [0.29, 0.717) is 31.8 Å². The molecule has 27 heavy (non-hydrogen) atoms. The minimum absolute atomic E-state index is 0.0132. The number of rotatable bonds is 2. The number of anilines is 1. The Hall–Kier alpha value is -2.73. The van der Waals surface area contributed by atoms with Crippen molar-refractivity contribution in [3.8, 4) is 0 Å². The monoisotopic (exact) mass is 365 g/mol. The van der Waals surface area contributed by atoms with Gasteiger partial charge in [-0.3, -0.25) is 14.6 Å². The molecule has 2 aromatic rings. The van der Waals surface area contributed by atoms with Gasteiger partial charge in [-0.2, -0.15) is 0 Å². The molecule has 2 aliphatic heterocycles. The lowest BCUT2D eigenvalue weighted by molar-refractivity contribution is -0.122. The van der Waals surface area contributed by atoms with E-state index >= 15 is 0 Å². The third-order valence-electron chi connectivity index (χ3n) is 5.37. The van der Waals surface area contributed by atoms with E-state index in [2.05, 4.69) is 4.98 Å². The van der Waals surface area contributed by atoms with E-state index in [1.165, 1.54) is 0 Å². The Labute approximate surface area is 158 Å². The predicted octanol–water partition coefficient (Wildman–Crippen LogP) is 2.29. The molecule has 1 spiro atoms. The summed E-state index contributed by atoms with van der Waals surface area (Å²) in [5.74, 6) is -0.0215. The molecule has 6 heteroatoms. The highest BCUT2D eigenvalue weighted by Crippen LogP contribution is 2.35. The zero-order valence-corrected chi connectivity index (χ0v) is 15.4. The van der Waals surface area contributed by atoms with Crippen molar-refractivity contribution in [3.63, 3.8) is 0 Å². The van der Waals surface area contributed by atoms with Crippen molar-refractivity contribution in [1.82, 2.24) is 9.88 Å². The van der Waals surface area contributed by atoms with Gasteiger partial charge in [0.1, 0.15) is 6.61 Å². The number of para-hydroxylation sites is 1. The first-order chi connectivity index (χ1) is 13.1. The quantitative estimate of drug-likeness (QED) is 0.819. The van der Waals surface area contributed by atoms with Gasteiger partial charge in [-0.05, 0) is 37.6 Å². The Kier molecular flexibility index (Phi) is 4.66. The number of ether oxygens (including phenoxy) is 1. The summed E-state index contributed by atoms with van der Waals surface area (Å²) in [7, 11) is 0. The van der Waals surface area contributed by atoms with Crippen LogP contribution in [0.3, 0.4) is 0 Å². The minimum atomic E-state index is -0.236. The van der Waals surface area contributed by atoms with Crippen molar-refractivity contribution in [1.29, 1.82) is 0 Å². The average Bonchev–Trinajstić information content (AvgIpc) is 3.02. The molecule has 2 amide bonds. The van der Waals surface area contributed by atoms with Gasteiger partial charge in [-0.15, -0.1) is 0 Å². The van der Waals surface area contributed by atoms with Crippen LogP contribution in [-0.2, 0) is 9.53 Å². The number of likely N-dealkylation sites (tertiary alicyclic amines) is 1. The topological polar surface area (TPSA) is 62.7 Å². The second kappa shape index (κ2) is 7.12. The Bertz CT molecular complexity index is 855. The summed E-state index contributed by atoms with van der Waals surface area (Å²) in [5, 5.41) is 0. The Morgan fingerprint density at radius 1 is 1.19 bits per heavy atom. The molecule has 1 atom stereocenters. The fraction of sp³-hybridized carbons (Fsp3) is 0.381. The zero-order chi connectivity index (χ0) is 18.9. The summed E-state index contributed by atoms with van der Waals surface area (Å²) in [6, 6.07) is 13.2. The molecule has 0 saturated carbocycles. The van der Waals surface area contributed by atoms with Crippen molar-refractivity contribution >= 4 is 17.5 Å². The second-order valence-corrected chi connectivity index (χ2v) is 7.47. The number of aromatic nitrogens is 1. The number of benzene rings is 1. The number of hydrogen-bond acceptors (Lipinski definition) is 4. The Morgan fingerprint density at radius 2 is 2.00 bits per heavy atom. The molecule has 2 saturated heterocycles. The number of amides is 2. The van der Waals surface area contributed by atoms with Crippen LogP contribution in [0.2, 0.25) is 0 Å². The van der Waals surface area contributed by atoms with Crippen LogP contribution in [0.4, 0.5) is 5.69 Å². The van der Waals surface area contributed by atoms with E-state index in [0.717, 1.165) is 17.8 Å². The van der Waals surface area contributed by atoms with Crippen molar-refractivity contribution in [2.24, 2.45) is 5.41 Å². The summed E-state index contributed by atoms with van der Waals surface area (Å²) in [5.41, 5.74) is 2.13. The predicted molar refractivity (Wildman–Crippen MR) is 102 cm³/mol. The van der Waals surface area contributed by atoms with Crippen LogP contribution in [0.15, 0.2) is 48.7 Å². The lowest BCUT2D eigenvalue weighted by atomic mass is 9.87. The molecule has 0 radical (unpaired) electrons. The second-order valence-electron chi connectivity index (χ2n) is 7.47. The lowest BCUT2D eigenvalue weighted by Crippen LogP contribution is -2.43. The summed E-state index contributed by atoms with van der Waals surface area (Å²) >= 11 is 0. The number of aryl methyl sites for hydroxylation is 1. The van der Waals surface area contributed by atoms with Crippen LogP contribution in [0.1, 0.15) is 22.5 Å². The highest BCUT2D eigenvalue weighted by molar-refractivity contribution is 5.95. The Morgan fingerprint density at radius 3 is 2.78 bits per heavy atom. The summed E-state index contributed by atoms with van der Waals surface area (Å²) in [6.45, 7) is 4.26. The molecule has 4 rings (SSSR count). The largest absolute Gasteiger partial charge is 0.371 e. The van der Waals surface area contributed by atoms with Crippen LogP contribution < -0.4 is 4.90 Å². The molecule has 0 bridgehead atoms. The van der Waals surface area contributed by atoms with Crippen molar-refractivity contribution < 1.29 is 14.3 Å². The molecular formula is C21H23N3O3. The van der Waals surface area contributed by atoms with Crippen LogP contribution >= 0.6 is 0 Å². The van der Waals surface area contributed by atoms with Gasteiger partial charge in [0.25, 0.3) is 11.8 Å². The number of carbonyl (C=O) groups is 2. The van der Waals surface area contributed by atoms with Crippen LogP contribution in [0.5, 0.6) is 0 Å². The first-order valence-electron chi connectivity index (χ1n) is 9.21. The summed E-state index contributed by atoms with van der Waals surface area (Å²) < 4.78 is 5.71. The molecule has 1 aromatic carbocycles. The van der Waals surface area contributed by atoms with Crippen molar-refractivity contribution in [2.75, 3.05) is 37.7 Å². The standard InChI is InChI=1S/C21H23N3O3/c1-16-11-17(7-9-22-16)20(26)23-10-8-21(13-23)14-24(19(25)12-27-15-21)18-5-3-2-4-6-18/h2-7,9,11H,8,10,12-15H2,1H3. The van der Waals surface area contributed by atoms with Crippen LogP contribution in [-0.4, -0.2) is 54.5 Å². The van der Waals surface area contributed by atoms with E-state index < -0.39 is 0 Å². The van der Waals surface area contributed by atoms with Gasteiger partial charge in [0.05, 0.1) is 6.61 Å². The molecular weight excluding hydrogens is 342 g/mol. The highest BCUT2D eigenvalue weighted by Gasteiger charge is 2.44. The first-order valence-corrected chi connectivity index (χ1v) is 9.21. The third kappa shape index (κ3) is 3.57. The SMILES string of the molecule is Cc1cc(C(=O)N2CCC3(COCC(=O)N(c4ccccc4)C3)C2)ccn1. The van der Waals surface area contributed by atoms with Gasteiger partial charge in [0.2, 0.25) is 0 Å². The Balaban J connectivity index is 1.55. The van der Waals surface area contributed by atoms with E-state index in [9.17, 15) is 9.59 Å². The molecule has 1 aromatic heterocycles. The van der Waals surface area contributed by atoms with Crippen LogP contribution in [0, 0.1) is 12.3 Å². The average molecular weight is 365 g/mol. The van der Waals surface area contributed by atoms with E-state index in [4.69, 9.17) is 4.74 Å². The van der Waals surface area contributed by atoms with Gasteiger partial charge >= 0.3 is 0 Å². The smallest absolute Gasteiger partial charge is 0.253 e. The molecule has 2 fully saturated rings. The van der Waals surface area contributed by atoms with Crippen LogP contribution in [0.25, 0.3) is 0 Å². The fourth-order valence-electron chi connectivity index (χ4n) is 3.96. The minimum Gasteiger partial charge on any atom is -0.371 e. The number of carbonyl (C=O) groups excluding carboxylic acids is 2. The highest BCUT2D eigenvalue weighted by atomic mass is 16.5. The zero-order valence-electron chi connectivity index (χ0n) is 15.4. The van der Waals surface area contributed by atoms with E-state index in [1.54, 1.807) is 17.2 Å². The normalized spacial score (nSPS) is 22.9. The van der Waals surface area contributed by atoms with Gasteiger partial charge < -0.3 is 14.5 Å². The molecule has 0 aliphatic carbocycles. The number of hydrogen-bond donors (Lipinski definition) is 0. The molecule has 1 unspecified atom stereocenters. The fourth-order valence-corrected chi connectivity index (χ4v) is 3.96. The van der Waals surface area contributed by atoms with E-state index in [-0.39, 0.29) is 23.8 Å². The molecule has 0 N–H and O–H groups in total. The summed E-state index contributed by atoms with van der Waals surface area (Å²) in [6.07, 6.45) is 2.48. The third-order valence-corrected chi connectivity index (χ3v) is 5.37. The maximum Gasteiger partial charge on any atom is 0.253 e. The number of pyridine rings is 1. The van der Waals surface area contributed by atoms with Gasteiger partial charge in [0, 0.05) is 48.2 Å². The maximum atomic E-state index is 12.9. The molecule has 2 aliphatic rings. The van der Waals surface area contributed by atoms with Gasteiger partial charge in [-0.25, -0.2) is 0 Å². The summed E-state index contributed by atoms with van der Waals surface area (Å²) in [4.78, 5) is 33.3. The van der Waals surface area contributed by atoms with Crippen molar-refractivity contribution in [3.05, 3.63) is 59.9 Å². The first kappa shape index (κ1) is 17.7. The molecule has 6 nitrogen and oxygen atoms in total. The van der Waals surface area contributed by atoms with Gasteiger partial charge in [0.15, 0.2) is 0 Å². The molecule has 140 valence electrons. The van der Waals surface area contributed by atoms with E-state index in [1.807, 2.05) is 48.2 Å². The van der Waals surface area contributed by atoms with Gasteiger partial charge in [-0.1, -0.05) is 18.2 Å². The lowest BCUT2D eigenvalue weighted by Gasteiger charge is -2.32. The number of nitrogens with zero attached hydrogens (tertiary/aromatic N) is 3. The van der Waals surface area contributed by atoms with Crippen molar-refractivity contribution in [2.45, 2.75) is 13.3 Å².